The molecule has 0 saturated carbocycles. The molecule has 4 N–H and O–H groups in total. The Balaban J connectivity index is 1.38. The minimum Gasteiger partial charge on any atom is -0.494 e. The maximum absolute atomic E-state index is 13.6. The summed E-state index contributed by atoms with van der Waals surface area (Å²) in [4.78, 5) is 79.1. The molecule has 3 amide bonds. The van der Waals surface area contributed by atoms with E-state index in [-0.39, 0.29) is 41.4 Å². The van der Waals surface area contributed by atoms with Crippen molar-refractivity contribution in [1.29, 1.82) is 0 Å². The van der Waals surface area contributed by atoms with Gasteiger partial charge in [0, 0.05) is 25.2 Å². The molecule has 2 heterocycles. The second kappa shape index (κ2) is 20.1. The number of furan rings is 1. The van der Waals surface area contributed by atoms with Crippen LogP contribution < -0.4 is 20.7 Å². The van der Waals surface area contributed by atoms with Gasteiger partial charge in [-0.05, 0) is 67.8 Å². The lowest BCUT2D eigenvalue weighted by atomic mass is 9.90. The van der Waals surface area contributed by atoms with Gasteiger partial charge in [0.1, 0.15) is 11.5 Å². The number of nitrogens with zero attached hydrogens (tertiary/aromatic N) is 2. The van der Waals surface area contributed by atoms with Crippen LogP contribution in [0.5, 0.6) is 5.75 Å². The average molecular weight is 757 g/mol. The van der Waals surface area contributed by atoms with Crippen LogP contribution in [0.15, 0.2) is 59.0 Å². The summed E-state index contributed by atoms with van der Waals surface area (Å²) in [5.74, 6) is -2.29. The van der Waals surface area contributed by atoms with E-state index in [1.807, 2.05) is 19.1 Å². The van der Waals surface area contributed by atoms with Gasteiger partial charge in [0.15, 0.2) is 5.76 Å². The maximum atomic E-state index is 13.6. The van der Waals surface area contributed by atoms with Crippen molar-refractivity contribution in [3.8, 4) is 17.1 Å². The number of nitrogens with one attached hydrogen (secondary N) is 2. The number of hydroxylamine groups is 2. The van der Waals surface area contributed by atoms with E-state index in [1.54, 1.807) is 26.0 Å². The molecule has 0 aliphatic carbocycles. The Bertz CT molecular complexity index is 1720. The summed E-state index contributed by atoms with van der Waals surface area (Å²) < 4.78 is 28.5. The van der Waals surface area contributed by atoms with Crippen LogP contribution in [0, 0.1) is 5.92 Å². The highest BCUT2D eigenvalue weighted by Crippen LogP contribution is 2.37. The molecule has 1 fully saturated rings. The normalized spacial score (nSPS) is 14.5. The van der Waals surface area contributed by atoms with E-state index in [9.17, 15) is 33.5 Å². The van der Waals surface area contributed by atoms with Crippen LogP contribution in [-0.2, 0) is 30.3 Å². The van der Waals surface area contributed by atoms with E-state index in [0.717, 1.165) is 43.1 Å². The highest BCUT2D eigenvalue weighted by atomic mass is 31.2. The van der Waals surface area contributed by atoms with Crippen molar-refractivity contribution in [2.75, 3.05) is 39.6 Å². The fourth-order valence-electron chi connectivity index (χ4n) is 6.02. The molecule has 0 radical (unpaired) electrons. The Kier molecular flexibility index (Phi) is 15.6. The van der Waals surface area contributed by atoms with Crippen molar-refractivity contribution < 1.29 is 52.3 Å². The lowest BCUT2D eigenvalue weighted by Crippen LogP contribution is -2.49. The lowest BCUT2D eigenvalue weighted by Gasteiger charge is -2.31. The third-order valence-electron chi connectivity index (χ3n) is 8.82. The third kappa shape index (κ3) is 12.0. The van der Waals surface area contributed by atoms with Gasteiger partial charge in [-0.15, -0.1) is 0 Å². The molecular weight excluding hydrogens is 707 g/mol. The van der Waals surface area contributed by atoms with Crippen molar-refractivity contribution in [3.05, 3.63) is 71.5 Å². The van der Waals surface area contributed by atoms with Crippen LogP contribution in [0.25, 0.3) is 11.3 Å². The summed E-state index contributed by atoms with van der Waals surface area (Å²) in [5.41, 5.74) is 1.58. The van der Waals surface area contributed by atoms with Gasteiger partial charge >= 0.3 is 13.6 Å². The number of carbonyl (C=O) groups is 4. The number of rotatable bonds is 20. The van der Waals surface area contributed by atoms with Crippen LogP contribution in [0.1, 0.15) is 79.4 Å². The van der Waals surface area contributed by atoms with Gasteiger partial charge < -0.3 is 39.1 Å². The molecule has 1 aliphatic heterocycles. The molecule has 1 saturated heterocycles. The van der Waals surface area contributed by atoms with Crippen LogP contribution >= 0.6 is 7.60 Å². The quantitative estimate of drug-likeness (QED) is 0.0426. The second-order valence-electron chi connectivity index (χ2n) is 12.6. The first kappa shape index (κ1) is 41.2. The maximum Gasteiger partial charge on any atom is 0.363 e. The van der Waals surface area contributed by atoms with Crippen molar-refractivity contribution in [2.45, 2.75) is 65.5 Å². The Morgan fingerprint density at radius 1 is 1.00 bits per heavy atom. The summed E-state index contributed by atoms with van der Waals surface area (Å²) >= 11 is 0. The zero-order chi connectivity index (χ0) is 38.4. The fourth-order valence-corrected chi connectivity index (χ4v) is 6.63. The standard InChI is InChI=1S/C37H49N4O11P/c1-4-7-8-9-31(32(5-2)41(25-42)52-37(45)27-12-10-26(11-13-27)23-40-16-18-49-19-17-40)35(43)38-24-39-36(44)34-15-14-33(51-34)28-20-29(50-6-3)22-30(21-28)53(46,47)48/h10-15,20-22,25,31-32H,4-9,16-19,23-24H2,1-3H3,(H,38,43)(H,39,44)(H2,46,47,48). The first-order chi connectivity index (χ1) is 25.5. The summed E-state index contributed by atoms with van der Waals surface area (Å²) in [7, 11) is -4.61. The Labute approximate surface area is 309 Å². The van der Waals surface area contributed by atoms with E-state index >= 15 is 0 Å². The van der Waals surface area contributed by atoms with Crippen molar-refractivity contribution >= 4 is 37.1 Å². The monoisotopic (exact) mass is 756 g/mol. The SMILES string of the molecule is CCCCCC(C(=O)NCNC(=O)c1ccc(-c2cc(OCC)cc(P(=O)(O)O)c2)o1)C(CC)N(C=O)OC(=O)c1ccc(CN2CCOCC2)cc1. The molecule has 1 aromatic heterocycles. The van der Waals surface area contributed by atoms with E-state index in [2.05, 4.69) is 15.5 Å². The minimum absolute atomic E-state index is 0.104. The summed E-state index contributed by atoms with van der Waals surface area (Å²) in [5, 5.41) is 5.92. The number of unbranched alkanes of at least 4 members (excludes halogenated alkanes) is 2. The van der Waals surface area contributed by atoms with Gasteiger partial charge in [0.05, 0.1) is 49.3 Å². The zero-order valence-corrected chi connectivity index (χ0v) is 31.2. The number of benzene rings is 2. The number of morpholine rings is 1. The molecule has 2 atom stereocenters. The van der Waals surface area contributed by atoms with E-state index in [0.29, 0.717) is 44.4 Å². The van der Waals surface area contributed by atoms with Crippen LogP contribution in [0.2, 0.25) is 0 Å². The Hall–Kier alpha value is -4.53. The summed E-state index contributed by atoms with van der Waals surface area (Å²) in [6.45, 7) is 9.30. The van der Waals surface area contributed by atoms with E-state index in [4.69, 9.17) is 18.7 Å². The summed E-state index contributed by atoms with van der Waals surface area (Å²) in [6.07, 6.45) is 3.55. The third-order valence-corrected chi connectivity index (χ3v) is 9.75. The van der Waals surface area contributed by atoms with Crippen molar-refractivity contribution in [3.63, 3.8) is 0 Å². The number of carbonyl (C=O) groups excluding carboxylic acids is 4. The molecule has 15 nitrogen and oxygen atoms in total. The lowest BCUT2D eigenvalue weighted by molar-refractivity contribution is -0.171. The van der Waals surface area contributed by atoms with Crippen LogP contribution in [-0.4, -0.2) is 89.6 Å². The predicted octanol–water partition coefficient (Wildman–Crippen LogP) is 3.99. The van der Waals surface area contributed by atoms with Gasteiger partial charge in [-0.25, -0.2) is 4.79 Å². The molecule has 3 aromatic rings. The largest absolute Gasteiger partial charge is 0.494 e. The second-order valence-corrected chi connectivity index (χ2v) is 14.2. The van der Waals surface area contributed by atoms with E-state index < -0.39 is 37.3 Å². The van der Waals surface area contributed by atoms with Gasteiger partial charge in [0.25, 0.3) is 5.91 Å². The molecule has 288 valence electrons. The number of ether oxygens (including phenoxy) is 2. The number of hydrogen-bond donors (Lipinski definition) is 4. The predicted molar refractivity (Wildman–Crippen MR) is 195 cm³/mol. The number of hydrogen-bond acceptors (Lipinski definition) is 10. The smallest absolute Gasteiger partial charge is 0.363 e. The molecule has 1 aliphatic rings. The average Bonchev–Trinajstić information content (AvgIpc) is 3.65. The van der Waals surface area contributed by atoms with Crippen LogP contribution in [0.4, 0.5) is 0 Å². The molecule has 53 heavy (non-hydrogen) atoms. The van der Waals surface area contributed by atoms with Gasteiger partial charge in [-0.1, -0.05) is 45.2 Å². The molecule has 16 heteroatoms. The van der Waals surface area contributed by atoms with Gasteiger partial charge in [0.2, 0.25) is 12.3 Å². The first-order valence-electron chi connectivity index (χ1n) is 17.8. The highest BCUT2D eigenvalue weighted by Gasteiger charge is 2.34. The van der Waals surface area contributed by atoms with Crippen LogP contribution in [0.3, 0.4) is 0 Å². The highest BCUT2D eigenvalue weighted by molar-refractivity contribution is 7.60. The molecule has 0 bridgehead atoms. The Morgan fingerprint density at radius 2 is 1.74 bits per heavy atom. The first-order valence-corrected chi connectivity index (χ1v) is 19.4. The van der Waals surface area contributed by atoms with E-state index in [1.165, 1.54) is 30.3 Å². The molecule has 4 rings (SSSR count). The van der Waals surface area contributed by atoms with Gasteiger partial charge in [-0.3, -0.25) is 23.8 Å². The zero-order valence-electron chi connectivity index (χ0n) is 30.3. The molecule has 0 spiro atoms. The molecule has 2 aromatic carbocycles. The van der Waals surface area contributed by atoms with Gasteiger partial charge in [-0.2, -0.15) is 5.06 Å². The number of amides is 3. The topological polar surface area (TPSA) is 197 Å². The fraction of sp³-hybridized carbons (Fsp3) is 0.459. The molecular formula is C37H49N4O11P. The van der Waals surface area contributed by atoms with Crippen molar-refractivity contribution in [2.24, 2.45) is 5.92 Å². The Morgan fingerprint density at radius 3 is 2.38 bits per heavy atom. The van der Waals surface area contributed by atoms with Crippen molar-refractivity contribution in [1.82, 2.24) is 20.6 Å². The summed E-state index contributed by atoms with van der Waals surface area (Å²) in [6, 6.07) is 13.1. The molecule has 2 unspecified atom stereocenters. The minimum atomic E-state index is -4.61.